The first-order valence-electron chi connectivity index (χ1n) is 4.66. The van der Waals surface area contributed by atoms with Crippen LogP contribution in [-0.2, 0) is 0 Å². The van der Waals surface area contributed by atoms with Crippen molar-refractivity contribution in [2.24, 2.45) is 0 Å². The maximum atomic E-state index is 11.1. The van der Waals surface area contributed by atoms with Gasteiger partial charge in [0.25, 0.3) is 0 Å². The molecular weight excluding hydrogens is 190 g/mol. The second-order valence-electron chi connectivity index (χ2n) is 3.36. The predicted molar refractivity (Wildman–Crippen MR) is 56.6 cm³/mol. The van der Waals surface area contributed by atoms with Crippen LogP contribution in [0.25, 0.3) is 11.3 Å². The number of carbonyl (C=O) groups is 1. The second kappa shape index (κ2) is 3.65. The van der Waals surface area contributed by atoms with Gasteiger partial charge in [0.2, 0.25) is 0 Å². The van der Waals surface area contributed by atoms with E-state index in [4.69, 9.17) is 0 Å². The number of Topliss-reactive ketones (excluding diaryl/α,β-unsaturated/α-hetero) is 1. The zero-order valence-electron chi connectivity index (χ0n) is 8.61. The first-order valence-corrected chi connectivity index (χ1v) is 4.66. The number of hydrogen-bond donors (Lipinski definition) is 1. The third kappa shape index (κ3) is 1.79. The molecule has 2 aromatic heterocycles. The lowest BCUT2D eigenvalue weighted by molar-refractivity contribution is 0.100. The Kier molecular flexibility index (Phi) is 2.33. The van der Waals surface area contributed by atoms with E-state index in [0.29, 0.717) is 5.82 Å². The first kappa shape index (κ1) is 9.58. The third-order valence-corrected chi connectivity index (χ3v) is 2.15. The number of ketones is 1. The molecule has 2 rings (SSSR count). The van der Waals surface area contributed by atoms with E-state index in [2.05, 4.69) is 15.0 Å². The smallest absolute Gasteiger partial charge is 0.195 e. The number of rotatable bonds is 2. The maximum Gasteiger partial charge on any atom is 0.195 e. The van der Waals surface area contributed by atoms with Crippen molar-refractivity contribution in [2.45, 2.75) is 13.8 Å². The van der Waals surface area contributed by atoms with Gasteiger partial charge in [-0.2, -0.15) is 0 Å². The molecule has 0 saturated carbocycles. The van der Waals surface area contributed by atoms with Crippen LogP contribution in [0.4, 0.5) is 0 Å². The minimum Gasteiger partial charge on any atom is -0.339 e. The molecule has 0 atom stereocenters. The van der Waals surface area contributed by atoms with Gasteiger partial charge in [-0.3, -0.25) is 9.78 Å². The van der Waals surface area contributed by atoms with Gasteiger partial charge in [0.1, 0.15) is 0 Å². The van der Waals surface area contributed by atoms with Gasteiger partial charge < -0.3 is 4.98 Å². The number of carbonyl (C=O) groups excluding carboxylic acids is 1. The van der Waals surface area contributed by atoms with Gasteiger partial charge in [-0.1, -0.05) is 0 Å². The van der Waals surface area contributed by atoms with Crippen molar-refractivity contribution in [3.63, 3.8) is 0 Å². The summed E-state index contributed by atoms with van der Waals surface area (Å²) in [7, 11) is 0. The Morgan fingerprint density at radius 3 is 2.80 bits per heavy atom. The average molecular weight is 201 g/mol. The quantitative estimate of drug-likeness (QED) is 0.756. The van der Waals surface area contributed by atoms with Crippen molar-refractivity contribution in [1.29, 1.82) is 0 Å². The van der Waals surface area contributed by atoms with Gasteiger partial charge in [0.05, 0.1) is 5.69 Å². The summed E-state index contributed by atoms with van der Waals surface area (Å²) in [6.45, 7) is 3.38. The Balaban J connectivity index is 2.50. The summed E-state index contributed by atoms with van der Waals surface area (Å²) in [6.07, 6.45) is 3.43. The standard InChI is InChI=1S/C11H11N3O/c1-7-10(9-4-3-5-12-6-9)14-11(13-7)8(2)15/h3-6H,1-2H3,(H,13,14). The molecule has 0 aliphatic rings. The molecule has 0 fully saturated rings. The van der Waals surface area contributed by atoms with Crippen molar-refractivity contribution < 1.29 is 4.79 Å². The van der Waals surface area contributed by atoms with Crippen LogP contribution in [0.15, 0.2) is 24.5 Å². The van der Waals surface area contributed by atoms with E-state index < -0.39 is 0 Å². The summed E-state index contributed by atoms with van der Waals surface area (Å²) in [5.41, 5.74) is 2.58. The highest BCUT2D eigenvalue weighted by molar-refractivity contribution is 5.91. The molecule has 2 aromatic rings. The molecule has 0 bridgehead atoms. The zero-order valence-corrected chi connectivity index (χ0v) is 8.61. The summed E-state index contributed by atoms with van der Waals surface area (Å²) in [5.74, 6) is 0.333. The third-order valence-electron chi connectivity index (χ3n) is 2.15. The van der Waals surface area contributed by atoms with Crippen molar-refractivity contribution in [2.75, 3.05) is 0 Å². The molecular formula is C11H11N3O. The Labute approximate surface area is 87.4 Å². The Bertz CT molecular complexity index is 488. The topological polar surface area (TPSA) is 58.6 Å². The Hall–Kier alpha value is -1.97. The van der Waals surface area contributed by atoms with Gasteiger partial charge in [0.15, 0.2) is 11.6 Å². The molecule has 0 unspecified atom stereocenters. The molecule has 4 heteroatoms. The van der Waals surface area contributed by atoms with Crippen LogP contribution >= 0.6 is 0 Å². The minimum absolute atomic E-state index is 0.0618. The zero-order chi connectivity index (χ0) is 10.8. The number of aromatic amines is 1. The lowest BCUT2D eigenvalue weighted by Crippen LogP contribution is -1.94. The van der Waals surface area contributed by atoms with E-state index in [0.717, 1.165) is 17.0 Å². The molecule has 2 heterocycles. The number of hydrogen-bond acceptors (Lipinski definition) is 3. The highest BCUT2D eigenvalue weighted by atomic mass is 16.1. The van der Waals surface area contributed by atoms with Crippen LogP contribution in [0.1, 0.15) is 23.2 Å². The van der Waals surface area contributed by atoms with E-state index in [1.54, 1.807) is 12.4 Å². The SMILES string of the molecule is CC(=O)c1nc(-c2cccnc2)c(C)[nH]1. The molecule has 76 valence electrons. The monoisotopic (exact) mass is 201 g/mol. The lowest BCUT2D eigenvalue weighted by atomic mass is 10.2. The molecule has 15 heavy (non-hydrogen) atoms. The van der Waals surface area contributed by atoms with E-state index in [9.17, 15) is 4.79 Å². The fraction of sp³-hybridized carbons (Fsp3) is 0.182. The normalized spacial score (nSPS) is 10.3. The van der Waals surface area contributed by atoms with E-state index in [1.807, 2.05) is 19.1 Å². The van der Waals surface area contributed by atoms with Gasteiger partial charge in [-0.25, -0.2) is 4.98 Å². The van der Waals surface area contributed by atoms with Crippen molar-refractivity contribution in [3.8, 4) is 11.3 Å². The molecule has 4 nitrogen and oxygen atoms in total. The van der Waals surface area contributed by atoms with Crippen LogP contribution in [0.2, 0.25) is 0 Å². The molecule has 0 aliphatic heterocycles. The average Bonchev–Trinajstić information content (AvgIpc) is 2.62. The van der Waals surface area contributed by atoms with Gasteiger partial charge in [0, 0.05) is 30.6 Å². The van der Waals surface area contributed by atoms with Gasteiger partial charge >= 0.3 is 0 Å². The number of pyridine rings is 1. The molecule has 0 saturated heterocycles. The van der Waals surface area contributed by atoms with Crippen LogP contribution in [0.5, 0.6) is 0 Å². The molecule has 0 radical (unpaired) electrons. The highest BCUT2D eigenvalue weighted by Crippen LogP contribution is 2.19. The van der Waals surface area contributed by atoms with Crippen molar-refractivity contribution in [3.05, 3.63) is 36.0 Å². The molecule has 0 amide bonds. The number of imidazole rings is 1. The van der Waals surface area contributed by atoms with Crippen molar-refractivity contribution >= 4 is 5.78 Å². The van der Waals surface area contributed by atoms with E-state index in [1.165, 1.54) is 6.92 Å². The molecule has 0 spiro atoms. The second-order valence-corrected chi connectivity index (χ2v) is 3.36. The number of nitrogens with one attached hydrogen (secondary N) is 1. The van der Waals surface area contributed by atoms with Crippen LogP contribution < -0.4 is 0 Å². The largest absolute Gasteiger partial charge is 0.339 e. The summed E-state index contributed by atoms with van der Waals surface area (Å²) >= 11 is 0. The van der Waals surface area contributed by atoms with Crippen molar-refractivity contribution in [1.82, 2.24) is 15.0 Å². The summed E-state index contributed by atoms with van der Waals surface area (Å²) in [6, 6.07) is 3.76. The Morgan fingerprint density at radius 2 is 2.27 bits per heavy atom. The van der Waals surface area contributed by atoms with Crippen LogP contribution in [0.3, 0.4) is 0 Å². The first-order chi connectivity index (χ1) is 7.18. The van der Waals surface area contributed by atoms with Crippen LogP contribution in [0, 0.1) is 6.92 Å². The molecule has 1 N–H and O–H groups in total. The predicted octanol–water partition coefficient (Wildman–Crippen LogP) is 1.98. The molecule has 0 aromatic carbocycles. The number of nitrogens with zero attached hydrogens (tertiary/aromatic N) is 2. The lowest BCUT2D eigenvalue weighted by Gasteiger charge is -1.95. The summed E-state index contributed by atoms with van der Waals surface area (Å²) in [5, 5.41) is 0. The van der Waals surface area contributed by atoms with Gasteiger partial charge in [-0.05, 0) is 19.1 Å². The fourth-order valence-corrected chi connectivity index (χ4v) is 1.41. The number of H-pyrrole nitrogens is 1. The summed E-state index contributed by atoms with van der Waals surface area (Å²) in [4.78, 5) is 22.3. The minimum atomic E-state index is -0.0618. The molecule has 0 aliphatic carbocycles. The van der Waals surface area contributed by atoms with Crippen LogP contribution in [-0.4, -0.2) is 20.7 Å². The summed E-state index contributed by atoms with van der Waals surface area (Å²) < 4.78 is 0. The van der Waals surface area contributed by atoms with E-state index in [-0.39, 0.29) is 5.78 Å². The van der Waals surface area contributed by atoms with E-state index >= 15 is 0 Å². The fourth-order valence-electron chi connectivity index (χ4n) is 1.41. The number of aryl methyl sites for hydroxylation is 1. The number of aromatic nitrogens is 3. The maximum absolute atomic E-state index is 11.1. The Morgan fingerprint density at radius 1 is 1.47 bits per heavy atom. The van der Waals surface area contributed by atoms with Gasteiger partial charge in [-0.15, -0.1) is 0 Å². The highest BCUT2D eigenvalue weighted by Gasteiger charge is 2.11.